The third-order valence-electron chi connectivity index (χ3n) is 2.04. The first-order valence-electron chi connectivity index (χ1n) is 5.81. The third kappa shape index (κ3) is 4.87. The summed E-state index contributed by atoms with van der Waals surface area (Å²) < 4.78 is 52.6. The van der Waals surface area contributed by atoms with E-state index in [0.29, 0.717) is 0 Å². The second-order valence-corrected chi connectivity index (χ2v) is 5.50. The summed E-state index contributed by atoms with van der Waals surface area (Å²) in [5.41, 5.74) is -0.0165. The van der Waals surface area contributed by atoms with Crippen LogP contribution in [0.2, 0.25) is 5.02 Å². The Balaban J connectivity index is 3.11. The van der Waals surface area contributed by atoms with Gasteiger partial charge < -0.3 is 4.52 Å². The van der Waals surface area contributed by atoms with Crippen LogP contribution in [-0.2, 0) is 18.1 Å². The molecular formula is C12H14ClF2O4P. The zero-order valence-electron chi connectivity index (χ0n) is 10.9. The highest BCUT2D eigenvalue weighted by atomic mass is 35.5. The minimum atomic E-state index is -4.09. The molecule has 0 amide bonds. The Labute approximate surface area is 120 Å². The summed E-state index contributed by atoms with van der Waals surface area (Å²) in [5.74, 6) is -0.877. The zero-order chi connectivity index (χ0) is 15.2. The standard InChI is InChI=1S/C12H14ClF2O4P/c1-3-17-20(16,18-4-2)19-11(12(14)15)9-6-5-7-10(13)8-9/h5-8H,3-4H2,1-2H3. The molecule has 0 unspecified atom stereocenters. The first kappa shape index (κ1) is 17.1. The smallest absolute Gasteiger partial charge is 0.398 e. The van der Waals surface area contributed by atoms with Crippen molar-refractivity contribution in [2.45, 2.75) is 13.8 Å². The van der Waals surface area contributed by atoms with Gasteiger partial charge in [-0.25, -0.2) is 4.57 Å². The molecule has 8 heteroatoms. The maximum Gasteiger partial charge on any atom is 0.530 e. The second-order valence-electron chi connectivity index (χ2n) is 3.47. The Morgan fingerprint density at radius 3 is 2.30 bits per heavy atom. The molecule has 0 atom stereocenters. The van der Waals surface area contributed by atoms with Crippen molar-refractivity contribution in [3.8, 4) is 0 Å². The molecule has 4 nitrogen and oxygen atoms in total. The average Bonchev–Trinajstić information content (AvgIpc) is 2.36. The Hall–Kier alpha value is -0.940. The highest BCUT2D eigenvalue weighted by molar-refractivity contribution is 7.48. The van der Waals surface area contributed by atoms with E-state index in [-0.39, 0.29) is 23.8 Å². The van der Waals surface area contributed by atoms with Gasteiger partial charge in [0.15, 0.2) is 0 Å². The molecule has 0 bridgehead atoms. The van der Waals surface area contributed by atoms with Gasteiger partial charge in [-0.05, 0) is 26.0 Å². The predicted octanol–water partition coefficient (Wildman–Crippen LogP) is 5.10. The molecule has 0 radical (unpaired) electrons. The molecule has 1 rings (SSSR count). The molecule has 1 aromatic carbocycles. The number of rotatable bonds is 7. The van der Waals surface area contributed by atoms with Crippen LogP contribution in [0.15, 0.2) is 30.3 Å². The van der Waals surface area contributed by atoms with Gasteiger partial charge in [0.1, 0.15) is 0 Å². The molecule has 0 saturated heterocycles. The maximum absolute atomic E-state index is 13.0. The first-order valence-corrected chi connectivity index (χ1v) is 7.65. The molecule has 0 aliphatic rings. The summed E-state index contributed by atoms with van der Waals surface area (Å²) in [5, 5.41) is 0.243. The zero-order valence-corrected chi connectivity index (χ0v) is 12.6. The van der Waals surface area contributed by atoms with Gasteiger partial charge in [0.05, 0.1) is 13.2 Å². The van der Waals surface area contributed by atoms with E-state index in [9.17, 15) is 13.3 Å². The van der Waals surface area contributed by atoms with Gasteiger partial charge in [-0.15, -0.1) is 0 Å². The fourth-order valence-electron chi connectivity index (χ4n) is 1.34. The van der Waals surface area contributed by atoms with Crippen LogP contribution in [0.4, 0.5) is 8.78 Å². The molecule has 0 aromatic heterocycles. The second kappa shape index (κ2) is 7.74. The van der Waals surface area contributed by atoms with E-state index in [1.54, 1.807) is 13.8 Å². The summed E-state index contributed by atoms with van der Waals surface area (Å²) in [6, 6.07) is 5.60. The molecule has 112 valence electrons. The number of hydrogen-bond donors (Lipinski definition) is 0. The fraction of sp³-hybridized carbons (Fsp3) is 0.333. The first-order chi connectivity index (χ1) is 9.41. The minimum Gasteiger partial charge on any atom is -0.398 e. The molecule has 0 spiro atoms. The van der Waals surface area contributed by atoms with Gasteiger partial charge >= 0.3 is 13.9 Å². The Morgan fingerprint density at radius 1 is 1.25 bits per heavy atom. The highest BCUT2D eigenvalue weighted by Gasteiger charge is 2.31. The third-order valence-corrected chi connectivity index (χ3v) is 3.83. The van der Waals surface area contributed by atoms with Crippen LogP contribution in [0.3, 0.4) is 0 Å². The summed E-state index contributed by atoms with van der Waals surface area (Å²) in [6.45, 7) is 3.08. The number of phosphoric ester groups is 1. The highest BCUT2D eigenvalue weighted by Crippen LogP contribution is 2.53. The number of phosphoric acid groups is 1. The van der Waals surface area contributed by atoms with Crippen LogP contribution in [0.5, 0.6) is 0 Å². The molecule has 0 aliphatic carbocycles. The summed E-state index contributed by atoms with van der Waals surface area (Å²) in [6.07, 6.45) is -2.15. The van der Waals surface area contributed by atoms with Crippen molar-refractivity contribution in [3.05, 3.63) is 40.9 Å². The molecule has 0 fully saturated rings. The normalized spacial score (nSPS) is 11.2. The van der Waals surface area contributed by atoms with Crippen LogP contribution >= 0.6 is 19.4 Å². The molecule has 1 aromatic rings. The van der Waals surface area contributed by atoms with Crippen molar-refractivity contribution >= 4 is 25.2 Å². The molecule has 20 heavy (non-hydrogen) atoms. The van der Waals surface area contributed by atoms with E-state index in [4.69, 9.17) is 25.2 Å². The van der Waals surface area contributed by atoms with Gasteiger partial charge in [-0.2, -0.15) is 8.78 Å². The summed E-state index contributed by atoms with van der Waals surface area (Å²) in [7, 11) is -4.09. The van der Waals surface area contributed by atoms with E-state index in [1.165, 1.54) is 24.3 Å². The lowest BCUT2D eigenvalue weighted by Gasteiger charge is -2.18. The summed E-state index contributed by atoms with van der Waals surface area (Å²) in [4.78, 5) is 0. The van der Waals surface area contributed by atoms with Crippen LogP contribution < -0.4 is 0 Å². The lowest BCUT2D eigenvalue weighted by molar-refractivity contribution is 0.156. The summed E-state index contributed by atoms with van der Waals surface area (Å²) >= 11 is 5.73. The van der Waals surface area contributed by atoms with Gasteiger partial charge in [0.2, 0.25) is 5.76 Å². The van der Waals surface area contributed by atoms with Crippen molar-refractivity contribution in [2.75, 3.05) is 13.2 Å². The van der Waals surface area contributed by atoms with E-state index in [1.807, 2.05) is 0 Å². The number of benzene rings is 1. The van der Waals surface area contributed by atoms with Crippen LogP contribution in [0.25, 0.3) is 5.76 Å². The van der Waals surface area contributed by atoms with E-state index in [2.05, 4.69) is 0 Å². The molecule has 0 saturated carbocycles. The van der Waals surface area contributed by atoms with E-state index < -0.39 is 19.7 Å². The van der Waals surface area contributed by atoms with Gasteiger partial charge in [0.25, 0.3) is 0 Å². The fourth-order valence-corrected chi connectivity index (χ4v) is 2.74. The van der Waals surface area contributed by atoms with Crippen molar-refractivity contribution < 1.29 is 26.9 Å². The predicted molar refractivity (Wildman–Crippen MR) is 72.5 cm³/mol. The van der Waals surface area contributed by atoms with E-state index >= 15 is 0 Å². The molecular weight excluding hydrogens is 313 g/mol. The van der Waals surface area contributed by atoms with Gasteiger partial charge in [-0.3, -0.25) is 9.05 Å². The lowest BCUT2D eigenvalue weighted by atomic mass is 10.2. The quantitative estimate of drug-likeness (QED) is 0.516. The van der Waals surface area contributed by atoms with Crippen molar-refractivity contribution in [1.29, 1.82) is 0 Å². The average molecular weight is 327 g/mol. The Morgan fingerprint density at radius 2 is 1.85 bits per heavy atom. The Kier molecular flexibility index (Phi) is 6.62. The maximum atomic E-state index is 13.0. The topological polar surface area (TPSA) is 44.8 Å². The van der Waals surface area contributed by atoms with E-state index in [0.717, 1.165) is 0 Å². The SMILES string of the molecule is CCOP(=O)(OCC)OC(=C(F)F)c1cccc(Cl)c1. The lowest BCUT2D eigenvalue weighted by Crippen LogP contribution is -2.01. The van der Waals surface area contributed by atoms with Crippen LogP contribution in [0.1, 0.15) is 19.4 Å². The minimum absolute atomic E-state index is 0.00594. The van der Waals surface area contributed by atoms with Crippen LogP contribution in [-0.4, -0.2) is 13.2 Å². The molecule has 0 N–H and O–H groups in total. The molecule has 0 heterocycles. The number of hydrogen-bond acceptors (Lipinski definition) is 4. The van der Waals surface area contributed by atoms with Crippen molar-refractivity contribution in [2.24, 2.45) is 0 Å². The van der Waals surface area contributed by atoms with Crippen LogP contribution in [0, 0.1) is 0 Å². The Bertz CT molecular complexity index is 522. The number of halogens is 3. The van der Waals surface area contributed by atoms with Gasteiger partial charge in [0, 0.05) is 10.6 Å². The monoisotopic (exact) mass is 326 g/mol. The largest absolute Gasteiger partial charge is 0.530 e. The molecule has 0 aliphatic heterocycles. The van der Waals surface area contributed by atoms with Crippen molar-refractivity contribution in [3.63, 3.8) is 0 Å². The van der Waals surface area contributed by atoms with Gasteiger partial charge in [-0.1, -0.05) is 23.7 Å². The van der Waals surface area contributed by atoms with Crippen molar-refractivity contribution in [1.82, 2.24) is 0 Å².